The van der Waals surface area contributed by atoms with Crippen molar-refractivity contribution in [1.29, 1.82) is 5.26 Å². The summed E-state index contributed by atoms with van der Waals surface area (Å²) in [5, 5.41) is 14.1. The van der Waals surface area contributed by atoms with Gasteiger partial charge in [0.2, 0.25) is 0 Å². The zero-order valence-corrected chi connectivity index (χ0v) is 16.4. The van der Waals surface area contributed by atoms with Crippen molar-refractivity contribution < 1.29 is 0 Å². The number of anilines is 2. The molecule has 132 valence electrons. The number of benzene rings is 2. The van der Waals surface area contributed by atoms with Crippen LogP contribution in [0.5, 0.6) is 0 Å². The molecular formula is C21H21ClN4. The smallest absolute Gasteiger partial charge is 0.101 e. The minimum atomic E-state index is 0.463. The summed E-state index contributed by atoms with van der Waals surface area (Å²) < 4.78 is 1.91. The van der Waals surface area contributed by atoms with E-state index in [1.165, 1.54) is 5.56 Å². The van der Waals surface area contributed by atoms with Gasteiger partial charge in [-0.3, -0.25) is 4.68 Å². The van der Waals surface area contributed by atoms with Gasteiger partial charge in [-0.05, 0) is 56.2 Å². The molecule has 0 radical (unpaired) electrons. The van der Waals surface area contributed by atoms with Gasteiger partial charge < -0.3 is 4.90 Å². The Balaban J connectivity index is 2.08. The summed E-state index contributed by atoms with van der Waals surface area (Å²) >= 11 is 6.21. The van der Waals surface area contributed by atoms with Crippen molar-refractivity contribution in [3.8, 4) is 17.2 Å². The van der Waals surface area contributed by atoms with E-state index in [0.717, 1.165) is 33.9 Å². The normalized spacial score (nSPS) is 10.7. The second-order valence-electron chi connectivity index (χ2n) is 6.51. The lowest BCUT2D eigenvalue weighted by Gasteiger charge is -2.23. The molecule has 3 aromatic rings. The lowest BCUT2D eigenvalue weighted by Crippen LogP contribution is -2.11. The van der Waals surface area contributed by atoms with Crippen molar-refractivity contribution in [3.63, 3.8) is 0 Å². The number of aryl methyl sites for hydroxylation is 3. The Morgan fingerprint density at radius 1 is 1.12 bits per heavy atom. The Hall–Kier alpha value is -2.77. The number of nitriles is 1. The van der Waals surface area contributed by atoms with Crippen LogP contribution in [-0.4, -0.2) is 16.8 Å². The lowest BCUT2D eigenvalue weighted by atomic mass is 10.0. The van der Waals surface area contributed by atoms with Crippen LogP contribution >= 0.6 is 11.6 Å². The fraction of sp³-hybridized carbons (Fsp3) is 0.238. The molecule has 0 saturated carbocycles. The summed E-state index contributed by atoms with van der Waals surface area (Å²) in [5.74, 6) is 0. The average molecular weight is 365 g/mol. The zero-order valence-electron chi connectivity index (χ0n) is 15.6. The summed E-state index contributed by atoms with van der Waals surface area (Å²) in [6, 6.07) is 14.0. The third-order valence-corrected chi connectivity index (χ3v) is 5.14. The molecule has 4 nitrogen and oxygen atoms in total. The second kappa shape index (κ2) is 6.86. The molecule has 1 aromatic heterocycles. The predicted octanol–water partition coefficient (Wildman–Crippen LogP) is 5.31. The van der Waals surface area contributed by atoms with Gasteiger partial charge in [-0.1, -0.05) is 23.7 Å². The molecular weight excluding hydrogens is 344 g/mol. The van der Waals surface area contributed by atoms with E-state index in [2.05, 4.69) is 48.1 Å². The number of halogens is 1. The van der Waals surface area contributed by atoms with E-state index in [4.69, 9.17) is 16.9 Å². The Bertz CT molecular complexity index is 1030. The lowest BCUT2D eigenvalue weighted by molar-refractivity contribution is 0.731. The van der Waals surface area contributed by atoms with Crippen molar-refractivity contribution in [2.75, 3.05) is 11.9 Å². The molecule has 0 amide bonds. The Labute approximate surface area is 159 Å². The Kier molecular flexibility index (Phi) is 4.76. The van der Waals surface area contributed by atoms with Crippen LogP contribution in [0.25, 0.3) is 11.1 Å². The number of nitrogens with zero attached hydrogens (tertiary/aromatic N) is 4. The van der Waals surface area contributed by atoms with Gasteiger partial charge in [-0.2, -0.15) is 10.4 Å². The van der Waals surface area contributed by atoms with E-state index >= 15 is 0 Å². The second-order valence-corrected chi connectivity index (χ2v) is 6.91. The maximum atomic E-state index is 9.07. The van der Waals surface area contributed by atoms with Gasteiger partial charge in [0.15, 0.2) is 0 Å². The minimum Gasteiger partial charge on any atom is -0.344 e. The largest absolute Gasteiger partial charge is 0.344 e. The number of hydrogen-bond donors (Lipinski definition) is 0. The van der Waals surface area contributed by atoms with Crippen LogP contribution in [0.2, 0.25) is 5.02 Å². The molecule has 0 saturated heterocycles. The Morgan fingerprint density at radius 3 is 2.42 bits per heavy atom. The van der Waals surface area contributed by atoms with Gasteiger partial charge in [-0.25, -0.2) is 0 Å². The van der Waals surface area contributed by atoms with Gasteiger partial charge in [0, 0.05) is 36.7 Å². The standard InChI is InChI=1S/C21H21ClN4/c1-13-6-7-16(21-14(2)24-26(5)15(21)3)10-20(13)25(4)18-9-8-17(12-23)19(22)11-18/h6-11H,1-5H3. The van der Waals surface area contributed by atoms with E-state index in [1.54, 1.807) is 6.07 Å². The number of rotatable bonds is 3. The van der Waals surface area contributed by atoms with E-state index in [0.29, 0.717) is 10.6 Å². The van der Waals surface area contributed by atoms with Crippen LogP contribution in [0.15, 0.2) is 36.4 Å². The van der Waals surface area contributed by atoms with Gasteiger partial charge in [0.1, 0.15) is 6.07 Å². The van der Waals surface area contributed by atoms with E-state index in [-0.39, 0.29) is 0 Å². The van der Waals surface area contributed by atoms with Crippen LogP contribution in [0.4, 0.5) is 11.4 Å². The van der Waals surface area contributed by atoms with E-state index < -0.39 is 0 Å². The van der Waals surface area contributed by atoms with Gasteiger partial charge in [0.25, 0.3) is 0 Å². The average Bonchev–Trinajstić information content (AvgIpc) is 2.87. The third-order valence-electron chi connectivity index (χ3n) is 4.83. The molecule has 0 atom stereocenters. The SMILES string of the molecule is Cc1ccc(-c2c(C)nn(C)c2C)cc1N(C)c1ccc(C#N)c(Cl)c1. The van der Waals surface area contributed by atoms with Crippen LogP contribution < -0.4 is 4.90 Å². The summed E-state index contributed by atoms with van der Waals surface area (Å²) in [5.41, 5.74) is 8.14. The third kappa shape index (κ3) is 3.07. The molecule has 3 rings (SSSR count). The molecule has 0 bridgehead atoms. The molecule has 0 unspecified atom stereocenters. The highest BCUT2D eigenvalue weighted by molar-refractivity contribution is 6.32. The first-order valence-corrected chi connectivity index (χ1v) is 8.76. The zero-order chi connectivity index (χ0) is 19.0. The van der Waals surface area contributed by atoms with Gasteiger partial charge in [0.05, 0.1) is 16.3 Å². The quantitative estimate of drug-likeness (QED) is 0.633. The highest BCUT2D eigenvalue weighted by Gasteiger charge is 2.15. The molecule has 0 aliphatic rings. The summed E-state index contributed by atoms with van der Waals surface area (Å²) in [7, 11) is 3.97. The monoisotopic (exact) mass is 364 g/mol. The predicted molar refractivity (Wildman–Crippen MR) is 107 cm³/mol. The maximum Gasteiger partial charge on any atom is 0.101 e. The fourth-order valence-electron chi connectivity index (χ4n) is 3.26. The van der Waals surface area contributed by atoms with Crippen LogP contribution in [0, 0.1) is 32.1 Å². The van der Waals surface area contributed by atoms with Crippen molar-refractivity contribution in [1.82, 2.24) is 9.78 Å². The number of aromatic nitrogens is 2. The van der Waals surface area contributed by atoms with Crippen LogP contribution in [-0.2, 0) is 7.05 Å². The molecule has 0 aliphatic carbocycles. The molecule has 0 fully saturated rings. The van der Waals surface area contributed by atoms with Crippen molar-refractivity contribution >= 4 is 23.0 Å². The molecule has 0 aliphatic heterocycles. The van der Waals surface area contributed by atoms with Crippen molar-refractivity contribution in [2.24, 2.45) is 7.05 Å². The molecule has 1 heterocycles. The van der Waals surface area contributed by atoms with Gasteiger partial charge in [-0.15, -0.1) is 0 Å². The maximum absolute atomic E-state index is 9.07. The number of hydrogen-bond acceptors (Lipinski definition) is 3. The van der Waals surface area contributed by atoms with E-state index in [9.17, 15) is 0 Å². The fourth-order valence-corrected chi connectivity index (χ4v) is 3.48. The van der Waals surface area contributed by atoms with Crippen LogP contribution in [0.1, 0.15) is 22.5 Å². The summed E-state index contributed by atoms with van der Waals surface area (Å²) in [4.78, 5) is 2.09. The minimum absolute atomic E-state index is 0.463. The first-order valence-electron chi connectivity index (χ1n) is 8.38. The first-order chi connectivity index (χ1) is 12.3. The molecule has 0 N–H and O–H groups in total. The molecule has 0 spiro atoms. The van der Waals surface area contributed by atoms with Crippen LogP contribution in [0.3, 0.4) is 0 Å². The van der Waals surface area contributed by atoms with Gasteiger partial charge >= 0.3 is 0 Å². The molecule has 2 aromatic carbocycles. The van der Waals surface area contributed by atoms with Crippen molar-refractivity contribution in [3.05, 3.63) is 63.9 Å². The molecule has 5 heteroatoms. The van der Waals surface area contributed by atoms with Crippen molar-refractivity contribution in [2.45, 2.75) is 20.8 Å². The molecule has 26 heavy (non-hydrogen) atoms. The summed E-state index contributed by atoms with van der Waals surface area (Å²) in [6.45, 7) is 6.20. The summed E-state index contributed by atoms with van der Waals surface area (Å²) in [6.07, 6.45) is 0. The first kappa shape index (κ1) is 18.0. The topological polar surface area (TPSA) is 44.9 Å². The Morgan fingerprint density at radius 2 is 1.85 bits per heavy atom. The highest BCUT2D eigenvalue weighted by Crippen LogP contribution is 2.35. The highest BCUT2D eigenvalue weighted by atomic mass is 35.5. The van der Waals surface area contributed by atoms with E-state index in [1.807, 2.05) is 37.8 Å².